The largest absolute Gasteiger partial charge is 0.324 e. The fraction of sp³-hybridized carbons (Fsp3) is 0.357. The Labute approximate surface area is 142 Å². The Balaban J connectivity index is 2.44. The molecule has 0 aliphatic carbocycles. The van der Waals surface area contributed by atoms with E-state index in [0.717, 1.165) is 5.71 Å². The number of hydrogen-bond acceptors (Lipinski definition) is 5. The van der Waals surface area contributed by atoms with E-state index in [0.29, 0.717) is 31.1 Å². The summed E-state index contributed by atoms with van der Waals surface area (Å²) in [6.07, 6.45) is 0. The van der Waals surface area contributed by atoms with Crippen molar-refractivity contribution in [3.8, 4) is 0 Å². The normalized spacial score (nSPS) is 10.9. The summed E-state index contributed by atoms with van der Waals surface area (Å²) in [7, 11) is 0. The molecule has 22 heavy (non-hydrogen) atoms. The fourth-order valence-corrected chi connectivity index (χ4v) is 3.07. The monoisotopic (exact) mass is 358 g/mol. The molecule has 0 spiro atoms. The van der Waals surface area contributed by atoms with Crippen molar-refractivity contribution in [2.45, 2.75) is 27.7 Å². The highest BCUT2D eigenvalue weighted by Gasteiger charge is 2.17. The average molecular weight is 359 g/mol. The number of carbonyl (C=O) groups is 1. The first-order chi connectivity index (χ1) is 10.3. The van der Waals surface area contributed by atoms with Gasteiger partial charge in [-0.05, 0) is 19.9 Å². The molecule has 1 aromatic heterocycles. The summed E-state index contributed by atoms with van der Waals surface area (Å²) in [4.78, 5) is 16.2. The Kier molecular flexibility index (Phi) is 5.26. The van der Waals surface area contributed by atoms with E-state index in [1.807, 2.05) is 27.7 Å². The van der Waals surface area contributed by atoms with Crippen LogP contribution in [0.4, 0.5) is 10.8 Å². The smallest absolute Gasteiger partial charge is 0.226 e. The van der Waals surface area contributed by atoms with E-state index < -0.39 is 0 Å². The maximum Gasteiger partial charge on any atom is 0.226 e. The number of nitrogens with zero attached hydrogens (tertiary/aromatic N) is 2. The lowest BCUT2D eigenvalue weighted by Gasteiger charge is -2.10. The van der Waals surface area contributed by atoms with Crippen LogP contribution in [0.2, 0.25) is 10.0 Å². The van der Waals surface area contributed by atoms with Gasteiger partial charge in [-0.3, -0.25) is 10.2 Å². The number of amides is 1. The molecule has 2 aromatic rings. The standard InChI is InChI=1S/C14H16Cl2N4OS/c1-6(2)13(21)17-9-5-8(15)11-12(10(9)16)22-14(18-11)20-19-7(3)4/h5-6H,1-4H3,(H,17,21)(H,18,20). The number of carbonyl (C=O) groups excluding carboxylic acids is 1. The molecule has 0 bridgehead atoms. The van der Waals surface area contributed by atoms with Crippen molar-refractivity contribution in [1.29, 1.82) is 0 Å². The summed E-state index contributed by atoms with van der Waals surface area (Å²) in [5.41, 5.74) is 4.81. The van der Waals surface area contributed by atoms with Gasteiger partial charge in [-0.2, -0.15) is 5.10 Å². The summed E-state index contributed by atoms with van der Waals surface area (Å²) in [5.74, 6) is -0.266. The van der Waals surface area contributed by atoms with Crippen LogP contribution in [0.3, 0.4) is 0 Å². The Morgan fingerprint density at radius 3 is 2.64 bits per heavy atom. The molecule has 2 rings (SSSR count). The highest BCUT2D eigenvalue weighted by Crippen LogP contribution is 2.41. The van der Waals surface area contributed by atoms with Gasteiger partial charge >= 0.3 is 0 Å². The van der Waals surface area contributed by atoms with Crippen LogP contribution in [0.1, 0.15) is 27.7 Å². The van der Waals surface area contributed by atoms with Crippen LogP contribution in [0.25, 0.3) is 10.2 Å². The highest BCUT2D eigenvalue weighted by molar-refractivity contribution is 7.23. The van der Waals surface area contributed by atoms with E-state index in [1.54, 1.807) is 6.07 Å². The lowest BCUT2D eigenvalue weighted by atomic mass is 10.2. The molecule has 1 amide bonds. The highest BCUT2D eigenvalue weighted by atomic mass is 35.5. The van der Waals surface area contributed by atoms with Crippen molar-refractivity contribution >= 4 is 67.2 Å². The number of fused-ring (bicyclic) bond motifs is 1. The van der Waals surface area contributed by atoms with Gasteiger partial charge in [0.2, 0.25) is 11.0 Å². The van der Waals surface area contributed by atoms with Crippen molar-refractivity contribution in [1.82, 2.24) is 4.98 Å². The van der Waals surface area contributed by atoms with Crippen LogP contribution in [-0.4, -0.2) is 16.6 Å². The van der Waals surface area contributed by atoms with E-state index in [9.17, 15) is 4.79 Å². The van der Waals surface area contributed by atoms with Gasteiger partial charge in [0.1, 0.15) is 5.52 Å². The molecule has 0 saturated heterocycles. The summed E-state index contributed by atoms with van der Waals surface area (Å²) in [5, 5.41) is 8.33. The van der Waals surface area contributed by atoms with Crippen LogP contribution >= 0.6 is 34.5 Å². The quantitative estimate of drug-likeness (QED) is 0.596. The van der Waals surface area contributed by atoms with Crippen molar-refractivity contribution in [2.24, 2.45) is 11.0 Å². The van der Waals surface area contributed by atoms with Gasteiger partial charge < -0.3 is 5.32 Å². The Bertz CT molecular complexity index is 751. The molecule has 5 nitrogen and oxygen atoms in total. The first-order valence-corrected chi connectivity index (χ1v) is 8.23. The minimum absolute atomic E-state index is 0.119. The second-order valence-corrected chi connectivity index (χ2v) is 7.02. The van der Waals surface area contributed by atoms with Crippen LogP contribution in [0.5, 0.6) is 0 Å². The van der Waals surface area contributed by atoms with Crippen molar-refractivity contribution < 1.29 is 4.79 Å². The fourth-order valence-electron chi connectivity index (χ4n) is 1.59. The van der Waals surface area contributed by atoms with E-state index >= 15 is 0 Å². The van der Waals surface area contributed by atoms with Gasteiger partial charge in [-0.15, -0.1) is 0 Å². The molecule has 0 saturated carbocycles. The second kappa shape index (κ2) is 6.81. The molecule has 0 atom stereocenters. The number of nitrogens with one attached hydrogen (secondary N) is 2. The molecular weight excluding hydrogens is 343 g/mol. The number of anilines is 2. The first-order valence-electron chi connectivity index (χ1n) is 6.66. The summed E-state index contributed by atoms with van der Waals surface area (Å²) < 4.78 is 0.708. The number of thiazole rings is 1. The minimum Gasteiger partial charge on any atom is -0.324 e. The van der Waals surface area contributed by atoms with Gasteiger partial charge in [0.15, 0.2) is 0 Å². The SMILES string of the molecule is CC(C)=NNc1nc2c(Cl)cc(NC(=O)C(C)C)c(Cl)c2s1. The molecule has 0 fully saturated rings. The van der Waals surface area contributed by atoms with Gasteiger partial charge in [0.05, 0.1) is 20.4 Å². The Morgan fingerprint density at radius 1 is 1.36 bits per heavy atom. The summed E-state index contributed by atoms with van der Waals surface area (Å²) in [6, 6.07) is 1.62. The lowest BCUT2D eigenvalue weighted by Crippen LogP contribution is -2.17. The molecule has 0 aliphatic heterocycles. The Morgan fingerprint density at radius 2 is 2.05 bits per heavy atom. The van der Waals surface area contributed by atoms with E-state index in [4.69, 9.17) is 23.2 Å². The van der Waals surface area contributed by atoms with Gasteiger partial charge in [0, 0.05) is 11.6 Å². The maximum atomic E-state index is 11.8. The first kappa shape index (κ1) is 17.0. The molecule has 0 aliphatic rings. The topological polar surface area (TPSA) is 66.4 Å². The predicted octanol–water partition coefficient (Wildman–Crippen LogP) is 5.01. The molecule has 0 radical (unpaired) electrons. The zero-order valence-corrected chi connectivity index (χ0v) is 14.9. The third kappa shape index (κ3) is 3.69. The third-order valence-electron chi connectivity index (χ3n) is 2.72. The molecule has 2 N–H and O–H groups in total. The molecule has 8 heteroatoms. The number of rotatable bonds is 4. The second-order valence-electron chi connectivity index (χ2n) is 5.23. The van der Waals surface area contributed by atoms with Gasteiger partial charge in [-0.1, -0.05) is 48.4 Å². The number of aromatic nitrogens is 1. The Hall–Kier alpha value is -1.37. The number of halogens is 2. The molecular formula is C14H16Cl2N4OS. The molecule has 1 heterocycles. The lowest BCUT2D eigenvalue weighted by molar-refractivity contribution is -0.118. The maximum absolute atomic E-state index is 11.8. The molecule has 0 unspecified atom stereocenters. The number of benzene rings is 1. The zero-order chi connectivity index (χ0) is 16.4. The van der Waals surface area contributed by atoms with Crippen LogP contribution in [0.15, 0.2) is 11.2 Å². The van der Waals surface area contributed by atoms with Crippen LogP contribution in [0, 0.1) is 5.92 Å². The van der Waals surface area contributed by atoms with Crippen molar-refractivity contribution in [3.05, 3.63) is 16.1 Å². The van der Waals surface area contributed by atoms with E-state index in [1.165, 1.54) is 11.3 Å². The average Bonchev–Trinajstić information content (AvgIpc) is 2.87. The molecule has 118 valence electrons. The minimum atomic E-state index is -0.147. The third-order valence-corrected chi connectivity index (χ3v) is 4.49. The van der Waals surface area contributed by atoms with E-state index in [2.05, 4.69) is 20.8 Å². The van der Waals surface area contributed by atoms with Crippen LogP contribution < -0.4 is 10.7 Å². The van der Waals surface area contributed by atoms with E-state index in [-0.39, 0.29) is 11.8 Å². The van der Waals surface area contributed by atoms with Crippen LogP contribution in [-0.2, 0) is 4.79 Å². The zero-order valence-electron chi connectivity index (χ0n) is 12.6. The predicted molar refractivity (Wildman–Crippen MR) is 95.5 cm³/mol. The molecule has 1 aromatic carbocycles. The summed E-state index contributed by atoms with van der Waals surface area (Å²) in [6.45, 7) is 7.37. The van der Waals surface area contributed by atoms with Gasteiger partial charge in [-0.25, -0.2) is 4.98 Å². The summed E-state index contributed by atoms with van der Waals surface area (Å²) >= 11 is 13.9. The number of hydrogen-bond donors (Lipinski definition) is 2. The van der Waals surface area contributed by atoms with Crippen molar-refractivity contribution in [3.63, 3.8) is 0 Å². The van der Waals surface area contributed by atoms with Gasteiger partial charge in [0.25, 0.3) is 0 Å². The van der Waals surface area contributed by atoms with Crippen molar-refractivity contribution in [2.75, 3.05) is 10.7 Å². The number of hydrazone groups is 1.